The molecule has 5 nitrogen and oxygen atoms in total. The van der Waals surface area contributed by atoms with Crippen LogP contribution in [0.15, 0.2) is 18.2 Å². The number of amides is 2. The minimum atomic E-state index is -0.457. The fourth-order valence-corrected chi connectivity index (χ4v) is 3.61. The van der Waals surface area contributed by atoms with Crippen molar-refractivity contribution in [3.63, 3.8) is 0 Å². The van der Waals surface area contributed by atoms with Crippen LogP contribution < -0.4 is 5.32 Å². The molecule has 0 radical (unpaired) electrons. The quantitative estimate of drug-likeness (QED) is 0.889. The zero-order chi connectivity index (χ0) is 18.8. The van der Waals surface area contributed by atoms with E-state index in [-0.39, 0.29) is 11.9 Å². The number of nitrogens with one attached hydrogen (secondary N) is 1. The van der Waals surface area contributed by atoms with E-state index in [9.17, 15) is 13.6 Å². The second-order valence-corrected chi connectivity index (χ2v) is 6.74. The second kappa shape index (κ2) is 7.43. The predicted molar refractivity (Wildman–Crippen MR) is 96.3 cm³/mol. The van der Waals surface area contributed by atoms with Crippen molar-refractivity contribution in [2.45, 2.75) is 46.1 Å². The van der Waals surface area contributed by atoms with E-state index in [2.05, 4.69) is 10.4 Å². The highest BCUT2D eigenvalue weighted by atomic mass is 19.1. The van der Waals surface area contributed by atoms with Crippen LogP contribution in [0.3, 0.4) is 0 Å². The number of aromatic nitrogens is 2. The van der Waals surface area contributed by atoms with Crippen molar-refractivity contribution in [2.75, 3.05) is 18.4 Å². The third kappa shape index (κ3) is 3.57. The van der Waals surface area contributed by atoms with Gasteiger partial charge in [-0.2, -0.15) is 5.10 Å². The van der Waals surface area contributed by atoms with Gasteiger partial charge < -0.3 is 10.2 Å². The van der Waals surface area contributed by atoms with Crippen molar-refractivity contribution < 1.29 is 13.6 Å². The lowest BCUT2D eigenvalue weighted by Crippen LogP contribution is -2.42. The Morgan fingerprint density at radius 1 is 1.35 bits per heavy atom. The summed E-state index contributed by atoms with van der Waals surface area (Å²) in [5.74, 6) is -1.08. The average Bonchev–Trinajstić information content (AvgIpc) is 2.91. The van der Waals surface area contributed by atoms with Gasteiger partial charge in [-0.1, -0.05) is 0 Å². The number of likely N-dealkylation sites (tertiary alicyclic amines) is 1. The number of piperidine rings is 1. The summed E-state index contributed by atoms with van der Waals surface area (Å²) < 4.78 is 29.4. The molecule has 1 aliphatic rings. The van der Waals surface area contributed by atoms with Crippen molar-refractivity contribution in [3.05, 3.63) is 46.8 Å². The Hall–Kier alpha value is -2.44. The van der Waals surface area contributed by atoms with Gasteiger partial charge in [0.1, 0.15) is 11.6 Å². The second-order valence-electron chi connectivity index (χ2n) is 6.74. The van der Waals surface area contributed by atoms with Crippen LogP contribution in [-0.2, 0) is 6.54 Å². The molecule has 0 spiro atoms. The Balaban J connectivity index is 1.74. The summed E-state index contributed by atoms with van der Waals surface area (Å²) in [4.78, 5) is 14.4. The summed E-state index contributed by atoms with van der Waals surface area (Å²) in [6, 6.07) is 3.27. The van der Waals surface area contributed by atoms with Gasteiger partial charge in [0.25, 0.3) is 0 Å². The smallest absolute Gasteiger partial charge is 0.321 e. The third-order valence-corrected chi connectivity index (χ3v) is 5.02. The first-order valence-electron chi connectivity index (χ1n) is 8.95. The molecule has 1 saturated heterocycles. The molecule has 7 heteroatoms. The Labute approximate surface area is 152 Å². The minimum absolute atomic E-state index is 0.203. The van der Waals surface area contributed by atoms with Crippen LogP contribution >= 0.6 is 0 Å². The molecule has 3 rings (SSSR count). The first kappa shape index (κ1) is 18.4. The topological polar surface area (TPSA) is 50.2 Å². The molecule has 1 atom stereocenters. The first-order valence-corrected chi connectivity index (χ1v) is 8.95. The van der Waals surface area contributed by atoms with E-state index in [0.717, 1.165) is 48.6 Å². The Bertz CT molecular complexity index is 818. The van der Waals surface area contributed by atoms with Crippen LogP contribution in [0.2, 0.25) is 0 Å². The lowest BCUT2D eigenvalue weighted by Gasteiger charge is -2.33. The van der Waals surface area contributed by atoms with E-state index in [0.29, 0.717) is 18.7 Å². The summed E-state index contributed by atoms with van der Waals surface area (Å²) in [6.07, 6.45) is 1.48. The number of benzene rings is 1. The molecule has 1 fully saturated rings. The molecule has 1 aliphatic heterocycles. The lowest BCUT2D eigenvalue weighted by atomic mass is 9.90. The molecule has 0 bridgehead atoms. The summed E-state index contributed by atoms with van der Waals surface area (Å²) >= 11 is 0. The highest BCUT2D eigenvalue weighted by Crippen LogP contribution is 2.30. The standard InChI is InChI=1S/C19H24F2N4O/c1-4-25-13(3)18(12(2)23-25)22-19(26)24-9-5-6-14(11-24)16-10-15(20)7-8-17(16)21/h7-8,10,14H,4-6,9,11H2,1-3H3,(H,22,26). The highest BCUT2D eigenvalue weighted by Gasteiger charge is 2.27. The number of urea groups is 1. The molecule has 0 aliphatic carbocycles. The fraction of sp³-hybridized carbons (Fsp3) is 0.474. The monoisotopic (exact) mass is 362 g/mol. The zero-order valence-corrected chi connectivity index (χ0v) is 15.4. The average molecular weight is 362 g/mol. The summed E-state index contributed by atoms with van der Waals surface area (Å²) in [6.45, 7) is 7.46. The number of carbonyl (C=O) groups is 1. The van der Waals surface area contributed by atoms with E-state index in [1.165, 1.54) is 6.07 Å². The number of hydrogen-bond acceptors (Lipinski definition) is 2. The molecule has 1 N–H and O–H groups in total. The van der Waals surface area contributed by atoms with Crippen LogP contribution in [0, 0.1) is 25.5 Å². The van der Waals surface area contributed by atoms with E-state index < -0.39 is 11.6 Å². The largest absolute Gasteiger partial charge is 0.324 e. The molecule has 2 aromatic rings. The number of hydrogen-bond donors (Lipinski definition) is 1. The van der Waals surface area contributed by atoms with Gasteiger partial charge in [-0.3, -0.25) is 4.68 Å². The number of anilines is 1. The third-order valence-electron chi connectivity index (χ3n) is 5.02. The summed E-state index contributed by atoms with van der Waals surface area (Å²) in [5.41, 5.74) is 2.73. The summed E-state index contributed by atoms with van der Waals surface area (Å²) in [7, 11) is 0. The molecular formula is C19H24F2N4O. The number of carbonyl (C=O) groups excluding carboxylic acids is 1. The van der Waals surface area contributed by atoms with Gasteiger partial charge in [0.05, 0.1) is 17.1 Å². The number of rotatable bonds is 3. The predicted octanol–water partition coefficient (Wildman–Crippen LogP) is 4.21. The Morgan fingerprint density at radius 3 is 2.81 bits per heavy atom. The molecule has 1 aromatic carbocycles. The van der Waals surface area contributed by atoms with E-state index in [1.807, 2.05) is 25.5 Å². The highest BCUT2D eigenvalue weighted by molar-refractivity contribution is 5.90. The van der Waals surface area contributed by atoms with E-state index in [1.54, 1.807) is 4.90 Å². The van der Waals surface area contributed by atoms with Crippen LogP contribution in [0.25, 0.3) is 0 Å². The van der Waals surface area contributed by atoms with E-state index >= 15 is 0 Å². The maximum Gasteiger partial charge on any atom is 0.321 e. The number of halogens is 2. The molecule has 1 aromatic heterocycles. The van der Waals surface area contributed by atoms with Gasteiger partial charge >= 0.3 is 6.03 Å². The summed E-state index contributed by atoms with van der Waals surface area (Å²) in [5, 5.41) is 7.34. The van der Waals surface area contributed by atoms with Crippen LogP contribution in [0.5, 0.6) is 0 Å². The molecule has 2 amide bonds. The molecule has 140 valence electrons. The lowest BCUT2D eigenvalue weighted by molar-refractivity contribution is 0.192. The van der Waals surface area contributed by atoms with Gasteiger partial charge in [0.2, 0.25) is 0 Å². The Morgan fingerprint density at radius 2 is 2.12 bits per heavy atom. The molecule has 2 heterocycles. The maximum atomic E-state index is 14.1. The van der Waals surface area contributed by atoms with Crippen molar-refractivity contribution >= 4 is 11.7 Å². The fourth-order valence-electron chi connectivity index (χ4n) is 3.61. The van der Waals surface area contributed by atoms with Gasteiger partial charge in [-0.15, -0.1) is 0 Å². The molecule has 1 unspecified atom stereocenters. The minimum Gasteiger partial charge on any atom is -0.324 e. The van der Waals surface area contributed by atoms with Crippen molar-refractivity contribution in [1.29, 1.82) is 0 Å². The zero-order valence-electron chi connectivity index (χ0n) is 15.4. The molecule has 0 saturated carbocycles. The first-order chi connectivity index (χ1) is 12.4. The molecular weight excluding hydrogens is 338 g/mol. The van der Waals surface area contributed by atoms with Gasteiger partial charge in [-0.05, 0) is 57.4 Å². The van der Waals surface area contributed by atoms with Crippen LogP contribution in [0.1, 0.15) is 42.6 Å². The van der Waals surface area contributed by atoms with E-state index in [4.69, 9.17) is 0 Å². The van der Waals surface area contributed by atoms with Gasteiger partial charge in [-0.25, -0.2) is 13.6 Å². The normalized spacial score (nSPS) is 17.4. The van der Waals surface area contributed by atoms with Gasteiger partial charge in [0.15, 0.2) is 0 Å². The Kier molecular flexibility index (Phi) is 5.25. The maximum absolute atomic E-state index is 14.1. The van der Waals surface area contributed by atoms with Crippen molar-refractivity contribution in [2.24, 2.45) is 0 Å². The molecule has 26 heavy (non-hydrogen) atoms. The SMILES string of the molecule is CCn1nc(C)c(NC(=O)N2CCCC(c3cc(F)ccc3F)C2)c1C. The van der Waals surface area contributed by atoms with Crippen molar-refractivity contribution in [3.8, 4) is 0 Å². The van der Waals surface area contributed by atoms with Crippen LogP contribution in [-0.4, -0.2) is 33.8 Å². The van der Waals surface area contributed by atoms with Crippen molar-refractivity contribution in [1.82, 2.24) is 14.7 Å². The van der Waals surface area contributed by atoms with Gasteiger partial charge in [0, 0.05) is 25.6 Å². The number of aryl methyl sites for hydroxylation is 2. The number of nitrogens with zero attached hydrogens (tertiary/aromatic N) is 3. The van der Waals surface area contributed by atoms with Crippen LogP contribution in [0.4, 0.5) is 19.3 Å².